The van der Waals surface area contributed by atoms with Crippen molar-refractivity contribution in [1.82, 2.24) is 15.2 Å². The molecule has 1 aromatic carbocycles. The van der Waals surface area contributed by atoms with Crippen LogP contribution >= 0.6 is 11.6 Å². The van der Waals surface area contributed by atoms with Gasteiger partial charge in [-0.1, -0.05) is 11.6 Å². The molecule has 0 saturated carbocycles. The van der Waals surface area contributed by atoms with E-state index in [1.807, 2.05) is 0 Å². The van der Waals surface area contributed by atoms with E-state index in [4.69, 9.17) is 11.6 Å². The van der Waals surface area contributed by atoms with Gasteiger partial charge >= 0.3 is 0 Å². The molecule has 2 aromatic heterocycles. The molecule has 0 amide bonds. The van der Waals surface area contributed by atoms with Crippen LogP contribution in [0.5, 0.6) is 0 Å². The number of hydrogen-bond donors (Lipinski definition) is 2. The van der Waals surface area contributed by atoms with Crippen molar-refractivity contribution >= 4 is 38.2 Å². The molecular formula is C12H9ClN4O2S. The number of fused-ring (bicyclic) bond motifs is 1. The number of aromatic amines is 1. The van der Waals surface area contributed by atoms with Gasteiger partial charge in [0.2, 0.25) is 0 Å². The van der Waals surface area contributed by atoms with Gasteiger partial charge in [0.25, 0.3) is 10.0 Å². The van der Waals surface area contributed by atoms with E-state index in [0.29, 0.717) is 5.69 Å². The predicted octanol–water partition coefficient (Wildman–Crippen LogP) is 2.41. The van der Waals surface area contributed by atoms with Crippen molar-refractivity contribution in [3.63, 3.8) is 0 Å². The van der Waals surface area contributed by atoms with Gasteiger partial charge in [-0.15, -0.1) is 0 Å². The van der Waals surface area contributed by atoms with Crippen molar-refractivity contribution in [1.29, 1.82) is 0 Å². The second kappa shape index (κ2) is 4.77. The third kappa shape index (κ3) is 2.45. The summed E-state index contributed by atoms with van der Waals surface area (Å²) in [5, 5.41) is 7.73. The number of sulfonamides is 1. The molecule has 3 aromatic rings. The van der Waals surface area contributed by atoms with E-state index in [-0.39, 0.29) is 10.0 Å². The summed E-state index contributed by atoms with van der Waals surface area (Å²) in [5.74, 6) is 0. The van der Waals surface area contributed by atoms with Crippen molar-refractivity contribution in [2.45, 2.75) is 4.90 Å². The Morgan fingerprint density at radius 1 is 1.15 bits per heavy atom. The van der Waals surface area contributed by atoms with Gasteiger partial charge in [0, 0.05) is 17.3 Å². The molecule has 102 valence electrons. The van der Waals surface area contributed by atoms with E-state index in [1.165, 1.54) is 18.3 Å². The highest BCUT2D eigenvalue weighted by molar-refractivity contribution is 7.92. The third-order valence-corrected chi connectivity index (χ3v) is 4.29. The lowest BCUT2D eigenvalue weighted by atomic mass is 10.2. The lowest BCUT2D eigenvalue weighted by molar-refractivity contribution is 0.601. The summed E-state index contributed by atoms with van der Waals surface area (Å²) < 4.78 is 26.8. The minimum Gasteiger partial charge on any atom is -0.280 e. The fourth-order valence-electron chi connectivity index (χ4n) is 1.74. The number of nitrogens with zero attached hydrogens (tertiary/aromatic N) is 2. The molecule has 6 nitrogen and oxygen atoms in total. The van der Waals surface area contributed by atoms with Gasteiger partial charge in [0.1, 0.15) is 10.0 Å². The molecule has 8 heteroatoms. The van der Waals surface area contributed by atoms with Crippen LogP contribution < -0.4 is 4.72 Å². The van der Waals surface area contributed by atoms with Crippen LogP contribution in [0.1, 0.15) is 0 Å². The summed E-state index contributed by atoms with van der Waals surface area (Å²) in [6.45, 7) is 0. The topological polar surface area (TPSA) is 87.7 Å². The van der Waals surface area contributed by atoms with E-state index < -0.39 is 10.0 Å². The summed E-state index contributed by atoms with van der Waals surface area (Å²) in [4.78, 5) is 3.81. The van der Waals surface area contributed by atoms with Crippen LogP contribution in [0.3, 0.4) is 0 Å². The summed E-state index contributed by atoms with van der Waals surface area (Å²) >= 11 is 5.64. The van der Waals surface area contributed by atoms with E-state index in [0.717, 1.165) is 10.9 Å². The molecule has 3 rings (SSSR count). The Morgan fingerprint density at radius 3 is 2.75 bits per heavy atom. The lowest BCUT2D eigenvalue weighted by Gasteiger charge is -2.07. The molecule has 0 unspecified atom stereocenters. The number of anilines is 1. The number of hydrogen-bond acceptors (Lipinski definition) is 4. The van der Waals surface area contributed by atoms with E-state index in [1.54, 1.807) is 24.4 Å². The van der Waals surface area contributed by atoms with Crippen molar-refractivity contribution < 1.29 is 8.42 Å². The number of halogens is 1. The molecule has 0 spiro atoms. The Bertz CT molecular complexity index is 859. The average molecular weight is 309 g/mol. The molecule has 0 bridgehead atoms. The number of benzene rings is 1. The zero-order valence-electron chi connectivity index (χ0n) is 10.0. The minimum atomic E-state index is -3.68. The van der Waals surface area contributed by atoms with E-state index >= 15 is 0 Å². The summed E-state index contributed by atoms with van der Waals surface area (Å²) in [6.07, 6.45) is 2.83. The van der Waals surface area contributed by atoms with Gasteiger partial charge < -0.3 is 0 Å². The van der Waals surface area contributed by atoms with Gasteiger partial charge in [-0.2, -0.15) is 5.10 Å². The predicted molar refractivity (Wildman–Crippen MR) is 76.1 cm³/mol. The molecule has 0 radical (unpaired) electrons. The van der Waals surface area contributed by atoms with E-state index in [9.17, 15) is 8.42 Å². The van der Waals surface area contributed by atoms with Crippen molar-refractivity contribution in [3.8, 4) is 0 Å². The van der Waals surface area contributed by atoms with Crippen LogP contribution in [0.15, 0.2) is 47.6 Å². The first-order valence-corrected chi connectivity index (χ1v) is 7.48. The maximum absolute atomic E-state index is 12.2. The maximum atomic E-state index is 12.2. The zero-order valence-corrected chi connectivity index (χ0v) is 11.6. The molecule has 0 aliphatic carbocycles. The number of nitrogens with one attached hydrogen (secondary N) is 2. The molecule has 0 aliphatic heterocycles. The highest BCUT2D eigenvalue weighted by Gasteiger charge is 2.14. The molecule has 2 N–H and O–H groups in total. The van der Waals surface area contributed by atoms with Crippen LogP contribution in [-0.2, 0) is 10.0 Å². The zero-order chi connectivity index (χ0) is 14.2. The molecule has 0 fully saturated rings. The highest BCUT2D eigenvalue weighted by Crippen LogP contribution is 2.20. The highest BCUT2D eigenvalue weighted by atomic mass is 35.5. The van der Waals surface area contributed by atoms with Gasteiger partial charge in [0.15, 0.2) is 0 Å². The summed E-state index contributed by atoms with van der Waals surface area (Å²) in [6, 6.07) is 7.92. The van der Waals surface area contributed by atoms with Gasteiger partial charge in [-0.25, -0.2) is 13.4 Å². The van der Waals surface area contributed by atoms with Crippen LogP contribution in [0, 0.1) is 0 Å². The fraction of sp³-hybridized carbons (Fsp3) is 0. The molecule has 2 heterocycles. The number of pyridine rings is 1. The van der Waals surface area contributed by atoms with Gasteiger partial charge in [0.05, 0.1) is 11.7 Å². The fourth-order valence-corrected chi connectivity index (χ4v) is 2.85. The Balaban J connectivity index is 1.94. The standard InChI is InChI=1S/C12H9ClN4O2S/c13-12-4-2-10(7-14-12)20(18,19)17-9-1-3-11-8(5-9)6-15-16-11/h1-7,17H,(H,15,16). The second-order valence-electron chi connectivity index (χ2n) is 4.09. The Morgan fingerprint density at radius 2 is 2.00 bits per heavy atom. The lowest BCUT2D eigenvalue weighted by Crippen LogP contribution is -2.13. The van der Waals surface area contributed by atoms with Gasteiger partial charge in [-0.05, 0) is 30.3 Å². The Hall–Kier alpha value is -2.12. The number of H-pyrrole nitrogens is 1. The minimum absolute atomic E-state index is 0.0502. The van der Waals surface area contributed by atoms with Crippen LogP contribution in [-0.4, -0.2) is 23.6 Å². The van der Waals surface area contributed by atoms with Crippen LogP contribution in [0.2, 0.25) is 5.15 Å². The number of aromatic nitrogens is 3. The smallest absolute Gasteiger partial charge is 0.263 e. The Labute approximate surface area is 119 Å². The van der Waals surface area contributed by atoms with Gasteiger partial charge in [-0.3, -0.25) is 9.82 Å². The van der Waals surface area contributed by atoms with Crippen LogP contribution in [0.4, 0.5) is 5.69 Å². The SMILES string of the molecule is O=S(=O)(Nc1ccc2[nH]ncc2c1)c1ccc(Cl)nc1. The molecule has 20 heavy (non-hydrogen) atoms. The first kappa shape index (κ1) is 12.9. The quantitative estimate of drug-likeness (QED) is 0.727. The third-order valence-electron chi connectivity index (χ3n) is 2.70. The van der Waals surface area contributed by atoms with E-state index in [2.05, 4.69) is 19.9 Å². The summed E-state index contributed by atoms with van der Waals surface area (Å²) in [7, 11) is -3.68. The maximum Gasteiger partial charge on any atom is 0.263 e. The monoisotopic (exact) mass is 308 g/mol. The average Bonchev–Trinajstić information content (AvgIpc) is 2.86. The Kier molecular flexibility index (Phi) is 3.07. The normalized spacial score (nSPS) is 11.7. The largest absolute Gasteiger partial charge is 0.280 e. The molecular weight excluding hydrogens is 300 g/mol. The van der Waals surface area contributed by atoms with Crippen molar-refractivity contribution in [3.05, 3.63) is 47.9 Å². The number of rotatable bonds is 3. The molecule has 0 aliphatic rings. The molecule has 0 atom stereocenters. The summed E-state index contributed by atoms with van der Waals surface area (Å²) in [5.41, 5.74) is 1.29. The first-order valence-electron chi connectivity index (χ1n) is 5.62. The second-order valence-corrected chi connectivity index (χ2v) is 6.16. The van der Waals surface area contributed by atoms with Crippen LogP contribution in [0.25, 0.3) is 10.9 Å². The molecule has 0 saturated heterocycles. The first-order chi connectivity index (χ1) is 9.54. The van der Waals surface area contributed by atoms with Crippen molar-refractivity contribution in [2.75, 3.05) is 4.72 Å². The van der Waals surface area contributed by atoms with Crippen molar-refractivity contribution in [2.24, 2.45) is 0 Å².